The Kier molecular flexibility index (Phi) is 4.46. The quantitative estimate of drug-likeness (QED) is 0.884. The average Bonchev–Trinajstić information content (AvgIpc) is 2.90. The number of rotatable bonds is 4. The van der Waals surface area contributed by atoms with Crippen molar-refractivity contribution in [2.45, 2.75) is 45.7 Å². The number of piperazine rings is 1. The van der Waals surface area contributed by atoms with Crippen LogP contribution in [0.2, 0.25) is 0 Å². The summed E-state index contributed by atoms with van der Waals surface area (Å²) in [5.74, 6) is 0.758. The van der Waals surface area contributed by atoms with E-state index in [9.17, 15) is 0 Å². The Morgan fingerprint density at radius 2 is 2.35 bits per heavy atom. The van der Waals surface area contributed by atoms with E-state index < -0.39 is 0 Å². The zero-order valence-electron chi connectivity index (χ0n) is 11.1. The van der Waals surface area contributed by atoms with Gasteiger partial charge in [-0.2, -0.15) is 11.3 Å². The fourth-order valence-electron chi connectivity index (χ4n) is 2.59. The van der Waals surface area contributed by atoms with E-state index in [4.69, 9.17) is 0 Å². The maximum Gasteiger partial charge on any atom is 0.0478 e. The van der Waals surface area contributed by atoms with E-state index in [2.05, 4.69) is 47.8 Å². The highest BCUT2D eigenvalue weighted by molar-refractivity contribution is 7.08. The van der Waals surface area contributed by atoms with Crippen molar-refractivity contribution in [3.8, 4) is 0 Å². The third-order valence-corrected chi connectivity index (χ3v) is 4.76. The molecule has 2 nitrogen and oxygen atoms in total. The monoisotopic (exact) mass is 252 g/mol. The molecular weight excluding hydrogens is 228 g/mol. The molecule has 1 aliphatic rings. The molecule has 1 aromatic heterocycles. The maximum atomic E-state index is 3.72. The van der Waals surface area contributed by atoms with Gasteiger partial charge in [0.05, 0.1) is 0 Å². The number of hydrogen-bond donors (Lipinski definition) is 1. The first-order valence-corrected chi connectivity index (χ1v) is 7.72. The van der Waals surface area contributed by atoms with Crippen LogP contribution in [-0.4, -0.2) is 25.2 Å². The minimum atomic E-state index is 0.641. The van der Waals surface area contributed by atoms with Crippen molar-refractivity contribution in [1.82, 2.24) is 5.32 Å². The normalized spacial score (nSPS) is 27.1. The molecule has 0 aliphatic carbocycles. The number of nitrogens with zero attached hydrogens (tertiary/aromatic N) is 1. The van der Waals surface area contributed by atoms with Crippen LogP contribution in [0.5, 0.6) is 0 Å². The highest BCUT2D eigenvalue weighted by Crippen LogP contribution is 2.25. The first-order valence-electron chi connectivity index (χ1n) is 6.78. The van der Waals surface area contributed by atoms with Gasteiger partial charge >= 0.3 is 0 Å². The van der Waals surface area contributed by atoms with E-state index in [-0.39, 0.29) is 0 Å². The minimum Gasteiger partial charge on any atom is -0.365 e. The van der Waals surface area contributed by atoms with Gasteiger partial charge in [0.15, 0.2) is 0 Å². The molecule has 2 heterocycles. The van der Waals surface area contributed by atoms with Gasteiger partial charge in [0.25, 0.3) is 0 Å². The molecule has 0 bridgehead atoms. The van der Waals surface area contributed by atoms with Gasteiger partial charge in [0.1, 0.15) is 0 Å². The Hall–Kier alpha value is -0.540. The summed E-state index contributed by atoms with van der Waals surface area (Å²) in [5.41, 5.74) is 1.41. The summed E-state index contributed by atoms with van der Waals surface area (Å²) in [6.07, 6.45) is 2.47. The molecule has 1 aromatic rings. The molecule has 3 heteroatoms. The molecule has 17 heavy (non-hydrogen) atoms. The topological polar surface area (TPSA) is 15.3 Å². The number of nitrogens with one attached hydrogen (secondary N) is 1. The fraction of sp³-hybridized carbons (Fsp3) is 0.714. The Bertz CT molecular complexity index is 323. The second-order valence-corrected chi connectivity index (χ2v) is 5.88. The van der Waals surface area contributed by atoms with Gasteiger partial charge in [-0.3, -0.25) is 0 Å². The molecule has 3 unspecified atom stereocenters. The Labute approximate surface area is 109 Å². The van der Waals surface area contributed by atoms with Crippen molar-refractivity contribution in [3.05, 3.63) is 16.8 Å². The Morgan fingerprint density at radius 3 is 2.94 bits per heavy atom. The van der Waals surface area contributed by atoms with Crippen LogP contribution in [0.4, 0.5) is 5.69 Å². The summed E-state index contributed by atoms with van der Waals surface area (Å²) in [5, 5.41) is 8.19. The molecular formula is C14H24N2S. The van der Waals surface area contributed by atoms with Crippen molar-refractivity contribution in [2.24, 2.45) is 5.92 Å². The highest BCUT2D eigenvalue weighted by Gasteiger charge is 2.29. The third kappa shape index (κ3) is 2.83. The maximum absolute atomic E-state index is 3.72. The predicted molar refractivity (Wildman–Crippen MR) is 77.0 cm³/mol. The largest absolute Gasteiger partial charge is 0.365 e. The number of hydrogen-bond acceptors (Lipinski definition) is 3. The van der Waals surface area contributed by atoms with Crippen LogP contribution in [0.15, 0.2) is 16.8 Å². The molecule has 0 saturated carbocycles. The molecule has 1 saturated heterocycles. The van der Waals surface area contributed by atoms with Gasteiger partial charge in [-0.15, -0.1) is 0 Å². The SMILES string of the molecule is CCC(C)C1CN(c2ccsc2)C(CC)CN1. The van der Waals surface area contributed by atoms with Gasteiger partial charge in [-0.1, -0.05) is 27.2 Å². The van der Waals surface area contributed by atoms with Gasteiger partial charge in [0.2, 0.25) is 0 Å². The van der Waals surface area contributed by atoms with Gasteiger partial charge in [0, 0.05) is 36.2 Å². The van der Waals surface area contributed by atoms with Gasteiger partial charge in [-0.25, -0.2) is 0 Å². The van der Waals surface area contributed by atoms with E-state index in [0.29, 0.717) is 12.1 Å². The van der Waals surface area contributed by atoms with E-state index in [1.807, 2.05) is 0 Å². The molecule has 1 N–H and O–H groups in total. The standard InChI is InChI=1S/C14H24N2S/c1-4-11(3)14-9-16(12(5-2)8-15-14)13-6-7-17-10-13/h6-7,10-12,14-15H,4-5,8-9H2,1-3H3. The van der Waals surface area contributed by atoms with Crippen molar-refractivity contribution in [1.29, 1.82) is 0 Å². The van der Waals surface area contributed by atoms with E-state index in [1.165, 1.54) is 18.5 Å². The van der Waals surface area contributed by atoms with Crippen molar-refractivity contribution < 1.29 is 0 Å². The molecule has 3 atom stereocenters. The average molecular weight is 252 g/mol. The summed E-state index contributed by atoms with van der Waals surface area (Å²) in [6.45, 7) is 9.21. The first-order chi connectivity index (χ1) is 8.26. The number of anilines is 1. The van der Waals surface area contributed by atoms with Crippen LogP contribution in [0.1, 0.15) is 33.6 Å². The van der Waals surface area contributed by atoms with Crippen molar-refractivity contribution in [3.63, 3.8) is 0 Å². The van der Waals surface area contributed by atoms with Crippen LogP contribution in [0.3, 0.4) is 0 Å². The lowest BCUT2D eigenvalue weighted by atomic mass is 9.94. The van der Waals surface area contributed by atoms with Crippen LogP contribution >= 0.6 is 11.3 Å². The summed E-state index contributed by atoms with van der Waals surface area (Å²) < 4.78 is 0. The van der Waals surface area contributed by atoms with Gasteiger partial charge in [-0.05, 0) is 23.8 Å². The van der Waals surface area contributed by atoms with Crippen LogP contribution < -0.4 is 10.2 Å². The summed E-state index contributed by atoms with van der Waals surface area (Å²) in [6, 6.07) is 3.55. The predicted octanol–water partition coefficient (Wildman–Crippen LogP) is 3.35. The Balaban J connectivity index is 2.09. The van der Waals surface area contributed by atoms with Crippen LogP contribution in [-0.2, 0) is 0 Å². The van der Waals surface area contributed by atoms with Crippen molar-refractivity contribution in [2.75, 3.05) is 18.0 Å². The molecule has 0 aromatic carbocycles. The molecule has 1 fully saturated rings. The van der Waals surface area contributed by atoms with E-state index >= 15 is 0 Å². The molecule has 0 radical (unpaired) electrons. The molecule has 0 spiro atoms. The minimum absolute atomic E-state index is 0.641. The molecule has 2 rings (SSSR count). The van der Waals surface area contributed by atoms with Gasteiger partial charge < -0.3 is 10.2 Å². The van der Waals surface area contributed by atoms with Crippen LogP contribution in [0, 0.1) is 5.92 Å². The molecule has 0 amide bonds. The summed E-state index contributed by atoms with van der Waals surface area (Å²) in [4.78, 5) is 2.60. The smallest absolute Gasteiger partial charge is 0.0478 e. The highest BCUT2D eigenvalue weighted by atomic mass is 32.1. The molecule has 96 valence electrons. The Morgan fingerprint density at radius 1 is 1.53 bits per heavy atom. The zero-order valence-corrected chi connectivity index (χ0v) is 12.0. The lowest BCUT2D eigenvalue weighted by molar-refractivity contribution is 0.306. The van der Waals surface area contributed by atoms with E-state index in [1.54, 1.807) is 11.3 Å². The zero-order chi connectivity index (χ0) is 12.3. The number of thiophene rings is 1. The lowest BCUT2D eigenvalue weighted by Gasteiger charge is -2.43. The summed E-state index contributed by atoms with van der Waals surface area (Å²) >= 11 is 1.80. The summed E-state index contributed by atoms with van der Waals surface area (Å²) in [7, 11) is 0. The molecule has 1 aliphatic heterocycles. The van der Waals surface area contributed by atoms with Crippen molar-refractivity contribution >= 4 is 17.0 Å². The fourth-order valence-corrected chi connectivity index (χ4v) is 3.24. The third-order valence-electron chi connectivity index (χ3n) is 4.09. The second-order valence-electron chi connectivity index (χ2n) is 5.10. The van der Waals surface area contributed by atoms with Crippen LogP contribution in [0.25, 0.3) is 0 Å². The van der Waals surface area contributed by atoms with E-state index in [0.717, 1.165) is 19.0 Å². The first kappa shape index (κ1) is 12.9. The second kappa shape index (κ2) is 5.87. The lowest BCUT2D eigenvalue weighted by Crippen LogP contribution is -2.58.